The number of hydrogen-bond acceptors (Lipinski definition) is 6. The van der Waals surface area contributed by atoms with Crippen molar-refractivity contribution in [1.29, 1.82) is 5.26 Å². The van der Waals surface area contributed by atoms with Gasteiger partial charge in [-0.3, -0.25) is 0 Å². The lowest BCUT2D eigenvalue weighted by molar-refractivity contribution is 0.641. The van der Waals surface area contributed by atoms with Crippen molar-refractivity contribution in [1.82, 2.24) is 19.8 Å². The van der Waals surface area contributed by atoms with Crippen molar-refractivity contribution in [2.75, 3.05) is 36.0 Å². The van der Waals surface area contributed by atoms with E-state index in [-0.39, 0.29) is 0 Å². The minimum Gasteiger partial charge on any atom is -0.367 e. The van der Waals surface area contributed by atoms with Crippen LogP contribution in [0.25, 0.3) is 5.65 Å². The first-order valence-corrected chi connectivity index (χ1v) is 7.99. The molecule has 0 amide bonds. The zero-order valence-electron chi connectivity index (χ0n) is 12.8. The molecule has 0 bridgehead atoms. The topological polar surface area (TPSA) is 73.4 Å². The number of hydrogen-bond donors (Lipinski definition) is 0. The van der Waals surface area contributed by atoms with Crippen molar-refractivity contribution in [3.05, 3.63) is 47.2 Å². The number of piperazine rings is 1. The number of anilines is 2. The van der Waals surface area contributed by atoms with Gasteiger partial charge in [0.15, 0.2) is 5.65 Å². The SMILES string of the molecule is N#Cc1cc(Cl)ccc1N1CCN(c2ccc3nncn3n2)CC1. The highest BCUT2D eigenvalue weighted by Crippen LogP contribution is 2.25. The Morgan fingerprint density at radius 1 is 1.04 bits per heavy atom. The Labute approximate surface area is 143 Å². The molecular formula is C16H14ClN7. The third kappa shape index (κ3) is 2.61. The predicted octanol–water partition coefficient (Wildman–Crippen LogP) is 1.98. The van der Waals surface area contributed by atoms with E-state index in [4.69, 9.17) is 11.6 Å². The van der Waals surface area contributed by atoms with Gasteiger partial charge in [0.25, 0.3) is 0 Å². The van der Waals surface area contributed by atoms with Crippen LogP contribution in [0.1, 0.15) is 5.56 Å². The van der Waals surface area contributed by atoms with Crippen LogP contribution < -0.4 is 9.80 Å². The second-order valence-electron chi connectivity index (χ2n) is 5.57. The molecule has 4 rings (SSSR count). The molecule has 1 aliphatic heterocycles. The van der Waals surface area contributed by atoms with Gasteiger partial charge in [0.2, 0.25) is 0 Å². The third-order valence-electron chi connectivity index (χ3n) is 4.17. The number of halogens is 1. The van der Waals surface area contributed by atoms with Crippen LogP contribution in [0.3, 0.4) is 0 Å². The first-order valence-electron chi connectivity index (χ1n) is 7.61. The fraction of sp³-hybridized carbons (Fsp3) is 0.250. The van der Waals surface area contributed by atoms with E-state index in [1.54, 1.807) is 16.9 Å². The minimum atomic E-state index is 0.584. The fourth-order valence-electron chi connectivity index (χ4n) is 2.94. The van der Waals surface area contributed by atoms with Crippen LogP contribution >= 0.6 is 11.6 Å². The molecule has 0 N–H and O–H groups in total. The second-order valence-corrected chi connectivity index (χ2v) is 6.01. The molecule has 1 aliphatic rings. The predicted molar refractivity (Wildman–Crippen MR) is 91.4 cm³/mol. The van der Waals surface area contributed by atoms with E-state index in [0.29, 0.717) is 10.6 Å². The standard InChI is InChI=1S/C16H14ClN7/c17-13-1-2-14(12(9-13)10-18)22-5-7-23(8-6-22)16-4-3-15-20-19-11-24(15)21-16/h1-4,9,11H,5-8H2. The molecule has 7 nitrogen and oxygen atoms in total. The summed E-state index contributed by atoms with van der Waals surface area (Å²) in [5.41, 5.74) is 2.28. The van der Waals surface area contributed by atoms with Crippen molar-refractivity contribution in [3.63, 3.8) is 0 Å². The van der Waals surface area contributed by atoms with Crippen molar-refractivity contribution in [3.8, 4) is 6.07 Å². The summed E-state index contributed by atoms with van der Waals surface area (Å²) in [5.74, 6) is 0.901. The van der Waals surface area contributed by atoms with Crippen LogP contribution in [0.15, 0.2) is 36.7 Å². The molecule has 3 aromatic rings. The van der Waals surface area contributed by atoms with E-state index in [0.717, 1.165) is 43.3 Å². The summed E-state index contributed by atoms with van der Waals surface area (Å²) < 4.78 is 1.68. The summed E-state index contributed by atoms with van der Waals surface area (Å²) in [6.45, 7) is 3.29. The number of rotatable bonds is 2. The second kappa shape index (κ2) is 5.98. The van der Waals surface area contributed by atoms with Crippen LogP contribution in [-0.4, -0.2) is 46.0 Å². The number of aromatic nitrogens is 4. The molecule has 8 heteroatoms. The summed E-state index contributed by atoms with van der Waals surface area (Å²) >= 11 is 5.98. The maximum Gasteiger partial charge on any atom is 0.177 e. The van der Waals surface area contributed by atoms with Gasteiger partial charge in [-0.05, 0) is 30.3 Å². The smallest absolute Gasteiger partial charge is 0.177 e. The van der Waals surface area contributed by atoms with Crippen LogP contribution in [0, 0.1) is 11.3 Å². The van der Waals surface area contributed by atoms with E-state index in [1.807, 2.05) is 24.3 Å². The van der Waals surface area contributed by atoms with Crippen LogP contribution in [-0.2, 0) is 0 Å². The van der Waals surface area contributed by atoms with Gasteiger partial charge in [-0.15, -0.1) is 15.3 Å². The van der Waals surface area contributed by atoms with Gasteiger partial charge in [-0.25, -0.2) is 0 Å². The van der Waals surface area contributed by atoms with Crippen molar-refractivity contribution >= 4 is 28.8 Å². The van der Waals surface area contributed by atoms with Gasteiger partial charge in [-0.2, -0.15) is 9.78 Å². The number of fused-ring (bicyclic) bond motifs is 1. The number of nitrogens with zero attached hydrogens (tertiary/aromatic N) is 7. The lowest BCUT2D eigenvalue weighted by Crippen LogP contribution is -2.47. The highest BCUT2D eigenvalue weighted by atomic mass is 35.5. The van der Waals surface area contributed by atoms with Crippen molar-refractivity contribution in [2.45, 2.75) is 0 Å². The summed E-state index contributed by atoms with van der Waals surface area (Å²) in [7, 11) is 0. The monoisotopic (exact) mass is 339 g/mol. The van der Waals surface area contributed by atoms with Gasteiger partial charge >= 0.3 is 0 Å². The van der Waals surface area contributed by atoms with Crippen LogP contribution in [0.5, 0.6) is 0 Å². The molecule has 1 fully saturated rings. The molecule has 0 aliphatic carbocycles. The fourth-order valence-corrected chi connectivity index (χ4v) is 3.11. The molecule has 0 radical (unpaired) electrons. The Balaban J connectivity index is 1.51. The highest BCUT2D eigenvalue weighted by molar-refractivity contribution is 6.30. The summed E-state index contributed by atoms with van der Waals surface area (Å²) in [6.07, 6.45) is 1.60. The van der Waals surface area contributed by atoms with Crippen LogP contribution in [0.2, 0.25) is 5.02 Å². The van der Waals surface area contributed by atoms with E-state index in [2.05, 4.69) is 31.2 Å². The van der Waals surface area contributed by atoms with Crippen LogP contribution in [0.4, 0.5) is 11.5 Å². The van der Waals surface area contributed by atoms with E-state index in [1.165, 1.54) is 0 Å². The zero-order valence-corrected chi connectivity index (χ0v) is 13.6. The molecule has 120 valence electrons. The molecule has 1 aromatic carbocycles. The van der Waals surface area contributed by atoms with Crippen molar-refractivity contribution in [2.24, 2.45) is 0 Å². The normalized spacial score (nSPS) is 14.8. The van der Waals surface area contributed by atoms with E-state index < -0.39 is 0 Å². The molecule has 0 atom stereocenters. The summed E-state index contributed by atoms with van der Waals surface area (Å²) in [6, 6.07) is 11.5. The molecule has 0 unspecified atom stereocenters. The van der Waals surface area contributed by atoms with E-state index in [9.17, 15) is 5.26 Å². The zero-order chi connectivity index (χ0) is 16.5. The summed E-state index contributed by atoms with van der Waals surface area (Å²) in [4.78, 5) is 4.43. The Kier molecular flexibility index (Phi) is 3.67. The largest absolute Gasteiger partial charge is 0.367 e. The van der Waals surface area contributed by atoms with Gasteiger partial charge in [-0.1, -0.05) is 11.6 Å². The number of benzene rings is 1. The summed E-state index contributed by atoms with van der Waals surface area (Å²) in [5, 5.41) is 22.2. The molecule has 3 heterocycles. The highest BCUT2D eigenvalue weighted by Gasteiger charge is 2.20. The Hall–Kier alpha value is -2.85. The Morgan fingerprint density at radius 3 is 2.62 bits per heavy atom. The van der Waals surface area contributed by atoms with E-state index >= 15 is 0 Å². The Bertz CT molecular complexity index is 922. The average Bonchev–Trinajstić information content (AvgIpc) is 3.09. The quantitative estimate of drug-likeness (QED) is 0.710. The lowest BCUT2D eigenvalue weighted by Gasteiger charge is -2.37. The molecular weight excluding hydrogens is 326 g/mol. The number of nitriles is 1. The maximum atomic E-state index is 9.31. The first-order chi connectivity index (χ1) is 11.7. The van der Waals surface area contributed by atoms with Gasteiger partial charge in [0, 0.05) is 31.2 Å². The van der Waals surface area contributed by atoms with Gasteiger partial charge in [0.1, 0.15) is 18.2 Å². The van der Waals surface area contributed by atoms with Gasteiger partial charge in [0.05, 0.1) is 11.3 Å². The molecule has 24 heavy (non-hydrogen) atoms. The van der Waals surface area contributed by atoms with Crippen molar-refractivity contribution < 1.29 is 0 Å². The molecule has 2 aromatic heterocycles. The Morgan fingerprint density at radius 2 is 1.83 bits per heavy atom. The lowest BCUT2D eigenvalue weighted by atomic mass is 10.1. The molecule has 1 saturated heterocycles. The third-order valence-corrected chi connectivity index (χ3v) is 4.41. The molecule has 0 spiro atoms. The van der Waals surface area contributed by atoms with Gasteiger partial charge < -0.3 is 9.80 Å². The maximum absolute atomic E-state index is 9.31. The average molecular weight is 340 g/mol. The minimum absolute atomic E-state index is 0.584. The first kappa shape index (κ1) is 14.7. The molecule has 0 saturated carbocycles.